The number of hydrogen-bond acceptors (Lipinski definition) is 3. The zero-order valence-corrected chi connectivity index (χ0v) is 11.1. The van der Waals surface area contributed by atoms with E-state index < -0.39 is 0 Å². The van der Waals surface area contributed by atoms with E-state index in [-0.39, 0.29) is 0 Å². The molecular formula is C13H29N3. The van der Waals surface area contributed by atoms with Crippen LogP contribution in [-0.4, -0.2) is 56.1 Å². The Bertz CT molecular complexity index is 165. The number of nitrogens with zero attached hydrogens (tertiary/aromatic N) is 2. The summed E-state index contributed by atoms with van der Waals surface area (Å²) in [7, 11) is 2.21. The summed E-state index contributed by atoms with van der Waals surface area (Å²) < 4.78 is 0. The van der Waals surface area contributed by atoms with Crippen molar-refractivity contribution in [3.05, 3.63) is 0 Å². The number of hydrogen-bond donors (Lipinski definition) is 1. The summed E-state index contributed by atoms with van der Waals surface area (Å²) in [5.41, 5.74) is 5.62. The van der Waals surface area contributed by atoms with Crippen LogP contribution in [0.5, 0.6) is 0 Å². The van der Waals surface area contributed by atoms with Gasteiger partial charge in [0.05, 0.1) is 0 Å². The Balaban J connectivity index is 2.05. The van der Waals surface area contributed by atoms with Gasteiger partial charge in [-0.25, -0.2) is 0 Å². The van der Waals surface area contributed by atoms with Crippen molar-refractivity contribution < 1.29 is 0 Å². The number of rotatable bonds is 7. The van der Waals surface area contributed by atoms with Crippen molar-refractivity contribution in [1.82, 2.24) is 9.80 Å². The lowest BCUT2D eigenvalue weighted by Crippen LogP contribution is -2.44. The average molecular weight is 227 g/mol. The molecule has 3 heteroatoms. The first-order valence-corrected chi connectivity index (χ1v) is 6.87. The predicted octanol–water partition coefficient (Wildman–Crippen LogP) is 1.39. The van der Waals surface area contributed by atoms with Gasteiger partial charge in [-0.1, -0.05) is 13.3 Å². The Morgan fingerprint density at radius 2 is 1.81 bits per heavy atom. The zero-order chi connectivity index (χ0) is 11.8. The molecular weight excluding hydrogens is 198 g/mol. The SMILES string of the molecule is CCC(CCN)CCCN1CCN(C)CC1. The lowest BCUT2D eigenvalue weighted by molar-refractivity contribution is 0.150. The Morgan fingerprint density at radius 1 is 1.12 bits per heavy atom. The molecule has 96 valence electrons. The highest BCUT2D eigenvalue weighted by molar-refractivity contribution is 4.69. The third kappa shape index (κ3) is 5.28. The molecule has 1 aliphatic heterocycles. The highest BCUT2D eigenvalue weighted by Crippen LogP contribution is 2.15. The van der Waals surface area contributed by atoms with Gasteiger partial charge < -0.3 is 15.5 Å². The highest BCUT2D eigenvalue weighted by atomic mass is 15.2. The van der Waals surface area contributed by atoms with Crippen LogP contribution in [0.4, 0.5) is 0 Å². The van der Waals surface area contributed by atoms with Crippen LogP contribution in [0, 0.1) is 5.92 Å². The van der Waals surface area contributed by atoms with E-state index in [9.17, 15) is 0 Å². The lowest BCUT2D eigenvalue weighted by atomic mass is 9.96. The minimum absolute atomic E-state index is 0.854. The molecule has 1 atom stereocenters. The normalized spacial score (nSPS) is 21.2. The first-order chi connectivity index (χ1) is 7.76. The van der Waals surface area contributed by atoms with Crippen LogP contribution in [0.25, 0.3) is 0 Å². The molecule has 0 amide bonds. The third-order valence-corrected chi connectivity index (χ3v) is 3.83. The summed E-state index contributed by atoms with van der Waals surface area (Å²) in [4.78, 5) is 5.02. The summed E-state index contributed by atoms with van der Waals surface area (Å²) in [6, 6.07) is 0. The van der Waals surface area contributed by atoms with E-state index in [1.807, 2.05) is 0 Å². The molecule has 0 aromatic rings. The Morgan fingerprint density at radius 3 is 2.38 bits per heavy atom. The molecule has 0 spiro atoms. The van der Waals surface area contributed by atoms with Crippen molar-refractivity contribution in [3.8, 4) is 0 Å². The van der Waals surface area contributed by atoms with Crippen molar-refractivity contribution in [2.24, 2.45) is 11.7 Å². The van der Waals surface area contributed by atoms with Crippen molar-refractivity contribution >= 4 is 0 Å². The van der Waals surface area contributed by atoms with E-state index in [1.165, 1.54) is 58.4 Å². The first kappa shape index (κ1) is 13.9. The van der Waals surface area contributed by atoms with Gasteiger partial charge in [-0.05, 0) is 45.3 Å². The second-order valence-corrected chi connectivity index (χ2v) is 5.14. The van der Waals surface area contributed by atoms with Gasteiger partial charge in [0.2, 0.25) is 0 Å². The average Bonchev–Trinajstić information content (AvgIpc) is 2.30. The fourth-order valence-corrected chi connectivity index (χ4v) is 2.46. The minimum atomic E-state index is 0.854. The quantitative estimate of drug-likeness (QED) is 0.713. The fraction of sp³-hybridized carbons (Fsp3) is 1.00. The van der Waals surface area contributed by atoms with Crippen LogP contribution in [0.2, 0.25) is 0 Å². The van der Waals surface area contributed by atoms with Crippen molar-refractivity contribution in [2.45, 2.75) is 32.6 Å². The maximum absolute atomic E-state index is 5.62. The molecule has 0 aliphatic carbocycles. The molecule has 1 aliphatic rings. The molecule has 0 radical (unpaired) electrons. The lowest BCUT2D eigenvalue weighted by Gasteiger charge is -2.32. The molecule has 1 fully saturated rings. The molecule has 1 heterocycles. The molecule has 0 saturated carbocycles. The summed E-state index contributed by atoms with van der Waals surface area (Å²) in [5.74, 6) is 0.859. The van der Waals surface area contributed by atoms with E-state index in [0.29, 0.717) is 0 Å². The van der Waals surface area contributed by atoms with Gasteiger partial charge in [0, 0.05) is 26.2 Å². The number of piperazine rings is 1. The first-order valence-electron chi connectivity index (χ1n) is 6.87. The Kier molecular flexibility index (Phi) is 7.01. The smallest absolute Gasteiger partial charge is 0.0110 e. The molecule has 3 nitrogen and oxygen atoms in total. The second kappa shape index (κ2) is 8.04. The molecule has 1 saturated heterocycles. The molecule has 2 N–H and O–H groups in total. The van der Waals surface area contributed by atoms with Crippen LogP contribution >= 0.6 is 0 Å². The monoisotopic (exact) mass is 227 g/mol. The van der Waals surface area contributed by atoms with E-state index in [4.69, 9.17) is 5.73 Å². The van der Waals surface area contributed by atoms with Crippen LogP contribution in [0.3, 0.4) is 0 Å². The van der Waals surface area contributed by atoms with Crippen molar-refractivity contribution in [3.63, 3.8) is 0 Å². The molecule has 0 aromatic carbocycles. The number of nitrogens with two attached hydrogens (primary N) is 1. The van der Waals surface area contributed by atoms with Gasteiger partial charge >= 0.3 is 0 Å². The van der Waals surface area contributed by atoms with Gasteiger partial charge in [-0.3, -0.25) is 0 Å². The van der Waals surface area contributed by atoms with Gasteiger partial charge in [0.25, 0.3) is 0 Å². The zero-order valence-electron chi connectivity index (χ0n) is 11.1. The maximum Gasteiger partial charge on any atom is 0.0110 e. The third-order valence-electron chi connectivity index (χ3n) is 3.83. The second-order valence-electron chi connectivity index (χ2n) is 5.14. The van der Waals surface area contributed by atoms with Gasteiger partial charge in [0.1, 0.15) is 0 Å². The molecule has 0 aromatic heterocycles. The van der Waals surface area contributed by atoms with Gasteiger partial charge in [-0.2, -0.15) is 0 Å². The summed E-state index contributed by atoms with van der Waals surface area (Å²) in [5, 5.41) is 0. The van der Waals surface area contributed by atoms with Crippen molar-refractivity contribution in [1.29, 1.82) is 0 Å². The predicted molar refractivity (Wildman–Crippen MR) is 70.6 cm³/mol. The van der Waals surface area contributed by atoms with Crippen LogP contribution in [-0.2, 0) is 0 Å². The Hall–Kier alpha value is -0.120. The molecule has 1 unspecified atom stereocenters. The Labute approximate surface area is 101 Å². The van der Waals surface area contributed by atoms with Crippen LogP contribution in [0.1, 0.15) is 32.6 Å². The van der Waals surface area contributed by atoms with E-state index in [1.54, 1.807) is 0 Å². The van der Waals surface area contributed by atoms with Crippen LogP contribution < -0.4 is 5.73 Å². The highest BCUT2D eigenvalue weighted by Gasteiger charge is 2.13. The van der Waals surface area contributed by atoms with Crippen LogP contribution in [0.15, 0.2) is 0 Å². The summed E-state index contributed by atoms with van der Waals surface area (Å²) in [6.07, 6.45) is 5.21. The van der Waals surface area contributed by atoms with E-state index >= 15 is 0 Å². The molecule has 0 bridgehead atoms. The topological polar surface area (TPSA) is 32.5 Å². The largest absolute Gasteiger partial charge is 0.330 e. The van der Waals surface area contributed by atoms with E-state index in [2.05, 4.69) is 23.8 Å². The maximum atomic E-state index is 5.62. The summed E-state index contributed by atoms with van der Waals surface area (Å²) in [6.45, 7) is 9.41. The van der Waals surface area contributed by atoms with Crippen molar-refractivity contribution in [2.75, 3.05) is 46.3 Å². The van der Waals surface area contributed by atoms with Gasteiger partial charge in [0.15, 0.2) is 0 Å². The minimum Gasteiger partial charge on any atom is -0.330 e. The fourth-order valence-electron chi connectivity index (χ4n) is 2.46. The molecule has 1 rings (SSSR count). The standard InChI is InChI=1S/C13H29N3/c1-3-13(6-7-14)5-4-8-16-11-9-15(2)10-12-16/h13H,3-12,14H2,1-2H3. The van der Waals surface area contributed by atoms with Gasteiger partial charge in [-0.15, -0.1) is 0 Å². The number of likely N-dealkylation sites (N-methyl/N-ethyl adjacent to an activating group) is 1. The summed E-state index contributed by atoms with van der Waals surface area (Å²) >= 11 is 0. The van der Waals surface area contributed by atoms with E-state index in [0.717, 1.165) is 12.5 Å². The molecule has 16 heavy (non-hydrogen) atoms.